The highest BCUT2D eigenvalue weighted by atomic mass is 16.5. The number of aromatic nitrogens is 3. The maximum atomic E-state index is 7.08. The first kappa shape index (κ1) is 32.3. The molecule has 4 nitrogen and oxygen atoms in total. The minimum absolute atomic E-state index is 0.0956. The molecule has 0 spiro atoms. The monoisotopic (exact) mass is 733 g/mol. The van der Waals surface area contributed by atoms with Crippen molar-refractivity contribution in [2.24, 2.45) is 0 Å². The first-order chi connectivity index (χ1) is 27.9. The number of allylic oxidation sites excluding steroid dienone is 4. The van der Waals surface area contributed by atoms with E-state index in [2.05, 4.69) is 194 Å². The zero-order chi connectivity index (χ0) is 38.0. The minimum atomic E-state index is -0.289. The van der Waals surface area contributed by atoms with Crippen LogP contribution in [0, 0.1) is 0 Å². The summed E-state index contributed by atoms with van der Waals surface area (Å²) in [6, 6.07) is 57.0. The van der Waals surface area contributed by atoms with Crippen molar-refractivity contribution >= 4 is 38.5 Å². The number of para-hydroxylation sites is 4. The van der Waals surface area contributed by atoms with E-state index in [9.17, 15) is 0 Å². The van der Waals surface area contributed by atoms with Crippen molar-refractivity contribution in [3.8, 4) is 45.1 Å². The quantitative estimate of drug-likeness (QED) is 0.180. The summed E-state index contributed by atoms with van der Waals surface area (Å²) in [6.45, 7) is 7.06. The number of hydrogen-bond donors (Lipinski definition) is 0. The van der Waals surface area contributed by atoms with Crippen LogP contribution >= 0.6 is 0 Å². The molecule has 1 unspecified atom stereocenters. The van der Waals surface area contributed by atoms with E-state index < -0.39 is 0 Å². The number of nitrogens with zero attached hydrogens (tertiary/aromatic N) is 3. The molecule has 1 aliphatic heterocycles. The van der Waals surface area contributed by atoms with Gasteiger partial charge in [-0.15, -0.1) is 0 Å². The highest BCUT2D eigenvalue weighted by Crippen LogP contribution is 2.55. The van der Waals surface area contributed by atoms with Crippen LogP contribution in [0.1, 0.15) is 43.9 Å². The summed E-state index contributed by atoms with van der Waals surface area (Å²) < 4.78 is 11.8. The average Bonchev–Trinajstić information content (AvgIpc) is 3.95. The van der Waals surface area contributed by atoms with Crippen LogP contribution in [0.4, 0.5) is 0 Å². The lowest BCUT2D eigenvalue weighted by Crippen LogP contribution is -2.25. The molecule has 3 heterocycles. The summed E-state index contributed by atoms with van der Waals surface area (Å²) in [5.74, 6) is 2.87. The van der Waals surface area contributed by atoms with Crippen LogP contribution in [0.25, 0.3) is 77.9 Å². The fraction of sp³-hybridized carbons (Fsp3) is 0.113. The second-order valence-corrected chi connectivity index (χ2v) is 16.6. The Morgan fingerprint density at radius 1 is 0.544 bits per heavy atom. The van der Waals surface area contributed by atoms with Gasteiger partial charge in [-0.2, -0.15) is 0 Å². The zero-order valence-electron chi connectivity index (χ0n) is 32.1. The van der Waals surface area contributed by atoms with Gasteiger partial charge >= 0.3 is 0 Å². The number of benzene rings is 7. The van der Waals surface area contributed by atoms with Gasteiger partial charge in [0.2, 0.25) is 0 Å². The molecule has 0 bridgehead atoms. The highest BCUT2D eigenvalue weighted by Gasteiger charge is 2.45. The minimum Gasteiger partial charge on any atom is -0.458 e. The predicted octanol–water partition coefficient (Wildman–Crippen LogP) is 13.3. The fourth-order valence-corrected chi connectivity index (χ4v) is 10.1. The van der Waals surface area contributed by atoms with Crippen LogP contribution in [-0.4, -0.2) is 14.1 Å². The number of imidazole rings is 1. The third-order valence-electron chi connectivity index (χ3n) is 13.0. The van der Waals surface area contributed by atoms with Crippen LogP contribution in [-0.2, 0) is 10.8 Å². The third kappa shape index (κ3) is 4.47. The SMILES string of the molecule is CC12CC=CC(n3c4ccccc4c4cc5c(cc43)C(C)(C)c3ccccc3-5)=C1Oc1cc(-c3ccc(-c4nc5ccccc5n4-c4ccccc4)cc3)ccc12. The van der Waals surface area contributed by atoms with Gasteiger partial charge in [-0.1, -0.05) is 129 Å². The maximum absolute atomic E-state index is 7.08. The molecular formula is C53H39N3O. The number of fused-ring (bicyclic) bond motifs is 10. The van der Waals surface area contributed by atoms with Crippen LogP contribution < -0.4 is 4.74 Å². The lowest BCUT2D eigenvalue weighted by Gasteiger charge is -2.29. The molecule has 4 heteroatoms. The van der Waals surface area contributed by atoms with Gasteiger partial charge in [-0.25, -0.2) is 4.98 Å². The molecule has 1 atom stereocenters. The van der Waals surface area contributed by atoms with Crippen LogP contribution in [0.2, 0.25) is 0 Å². The summed E-state index contributed by atoms with van der Waals surface area (Å²) in [7, 11) is 0. The van der Waals surface area contributed by atoms with Crippen molar-refractivity contribution in [3.05, 3.63) is 192 Å². The molecule has 2 aliphatic carbocycles. The molecule has 0 N–H and O–H groups in total. The highest BCUT2D eigenvalue weighted by molar-refractivity contribution is 6.13. The van der Waals surface area contributed by atoms with E-state index >= 15 is 0 Å². The van der Waals surface area contributed by atoms with Crippen molar-refractivity contribution in [1.29, 1.82) is 0 Å². The summed E-state index contributed by atoms with van der Waals surface area (Å²) >= 11 is 0. The molecule has 9 aromatic rings. The van der Waals surface area contributed by atoms with Crippen molar-refractivity contribution in [2.75, 3.05) is 0 Å². The summed E-state index contributed by atoms with van der Waals surface area (Å²) in [6.07, 6.45) is 5.50. The molecule has 57 heavy (non-hydrogen) atoms. The Morgan fingerprint density at radius 2 is 1.26 bits per heavy atom. The molecule has 2 aromatic heterocycles. The van der Waals surface area contributed by atoms with E-state index in [1.807, 2.05) is 6.07 Å². The second-order valence-electron chi connectivity index (χ2n) is 16.6. The lowest BCUT2D eigenvalue weighted by molar-refractivity contribution is 0.378. The van der Waals surface area contributed by atoms with E-state index in [0.717, 1.165) is 62.9 Å². The van der Waals surface area contributed by atoms with Gasteiger partial charge in [0.1, 0.15) is 17.3 Å². The van der Waals surface area contributed by atoms with Gasteiger partial charge < -0.3 is 9.30 Å². The van der Waals surface area contributed by atoms with Gasteiger partial charge in [0.15, 0.2) is 0 Å². The topological polar surface area (TPSA) is 32.0 Å². The Bertz CT molecular complexity index is 3210. The van der Waals surface area contributed by atoms with E-state index in [0.29, 0.717) is 0 Å². The fourth-order valence-electron chi connectivity index (χ4n) is 10.1. The zero-order valence-corrected chi connectivity index (χ0v) is 32.1. The van der Waals surface area contributed by atoms with Gasteiger partial charge in [0, 0.05) is 33.0 Å². The molecule has 12 rings (SSSR count). The maximum Gasteiger partial charge on any atom is 0.145 e. The van der Waals surface area contributed by atoms with E-state index in [-0.39, 0.29) is 10.8 Å². The van der Waals surface area contributed by atoms with Crippen LogP contribution in [0.15, 0.2) is 176 Å². The van der Waals surface area contributed by atoms with Crippen molar-refractivity contribution in [3.63, 3.8) is 0 Å². The molecule has 0 saturated heterocycles. The van der Waals surface area contributed by atoms with E-state index in [1.165, 1.54) is 49.6 Å². The van der Waals surface area contributed by atoms with Crippen LogP contribution in [0.5, 0.6) is 5.75 Å². The average molecular weight is 734 g/mol. The largest absolute Gasteiger partial charge is 0.458 e. The van der Waals surface area contributed by atoms with E-state index in [1.54, 1.807) is 0 Å². The second kappa shape index (κ2) is 11.6. The first-order valence-electron chi connectivity index (χ1n) is 19.9. The standard InChI is InChI=1S/C53H39N3O/c1-52(2)41-18-9-7-16-37(41)39-31-40-38-17-8-11-20-45(38)56(48(40)32-43(39)52)47-22-13-29-53(3)42-28-27-35(30-49(42)57-50(47)53)33-23-25-34(26-24-33)51-54-44-19-10-12-21-46(44)55(51)36-14-5-4-6-15-36/h4-28,30-32H,29H2,1-3H3. The predicted molar refractivity (Wildman–Crippen MR) is 234 cm³/mol. The normalized spacial score (nSPS) is 17.5. The molecule has 3 aliphatic rings. The van der Waals surface area contributed by atoms with Gasteiger partial charge in [0.05, 0.1) is 33.2 Å². The Hall–Kier alpha value is -6.91. The molecule has 0 saturated carbocycles. The Morgan fingerprint density at radius 3 is 2.12 bits per heavy atom. The Balaban J connectivity index is 0.957. The number of rotatable bonds is 4. The molecule has 0 fully saturated rings. The van der Waals surface area contributed by atoms with Gasteiger partial charge in [-0.05, 0) is 101 Å². The molecule has 0 radical (unpaired) electrons. The summed E-state index contributed by atoms with van der Waals surface area (Å²) in [4.78, 5) is 5.09. The Kier molecular flexibility index (Phi) is 6.56. The van der Waals surface area contributed by atoms with Crippen molar-refractivity contribution in [1.82, 2.24) is 14.1 Å². The molecule has 7 aromatic carbocycles. The molecular weight excluding hydrogens is 695 g/mol. The van der Waals surface area contributed by atoms with Gasteiger partial charge in [0.25, 0.3) is 0 Å². The molecule has 272 valence electrons. The smallest absolute Gasteiger partial charge is 0.145 e. The Labute approximate surface area is 331 Å². The first-order valence-corrected chi connectivity index (χ1v) is 19.9. The van der Waals surface area contributed by atoms with E-state index in [4.69, 9.17) is 9.72 Å². The van der Waals surface area contributed by atoms with Crippen molar-refractivity contribution < 1.29 is 4.74 Å². The number of hydrogen-bond acceptors (Lipinski definition) is 2. The van der Waals surface area contributed by atoms with Crippen molar-refractivity contribution in [2.45, 2.75) is 38.0 Å². The number of ether oxygens (including phenoxy) is 1. The summed E-state index contributed by atoms with van der Waals surface area (Å²) in [5, 5.41) is 2.53. The third-order valence-corrected chi connectivity index (χ3v) is 13.0. The lowest BCUT2D eigenvalue weighted by atomic mass is 9.76. The molecule has 0 amide bonds. The van der Waals surface area contributed by atoms with Gasteiger partial charge in [-0.3, -0.25) is 4.57 Å². The van der Waals surface area contributed by atoms with Crippen LogP contribution in [0.3, 0.4) is 0 Å². The summed E-state index contributed by atoms with van der Waals surface area (Å²) in [5.41, 5.74) is 16.3.